The Hall–Kier alpha value is -16.6. The van der Waals surface area contributed by atoms with Gasteiger partial charge in [-0.1, -0.05) is 396 Å². The van der Waals surface area contributed by atoms with E-state index in [0.29, 0.717) is 0 Å². The van der Waals surface area contributed by atoms with Crippen molar-refractivity contribution in [1.82, 2.24) is 0 Å². The number of thiophene rings is 3. The first-order valence-electron chi connectivity index (χ1n) is 46.9. The molecule has 0 fully saturated rings. The molecule has 137 heavy (non-hydrogen) atoms. The monoisotopic (exact) mass is 1800 g/mol. The van der Waals surface area contributed by atoms with Crippen molar-refractivity contribution in [3.8, 4) is 89.0 Å². The summed E-state index contributed by atoms with van der Waals surface area (Å²) >= 11 is 5.64. The highest BCUT2D eigenvalue weighted by atomic mass is 32.1. The van der Waals surface area contributed by atoms with Crippen LogP contribution in [0.2, 0.25) is 0 Å². The average molecular weight is 1800 g/mol. The summed E-state index contributed by atoms with van der Waals surface area (Å²) in [6.07, 6.45) is 0. The van der Waals surface area contributed by atoms with E-state index in [2.05, 4.69) is 544 Å². The molecule has 3 heterocycles. The van der Waals surface area contributed by atoms with E-state index in [4.69, 9.17) is 0 Å². The van der Waals surface area contributed by atoms with E-state index in [1.165, 1.54) is 194 Å². The van der Waals surface area contributed by atoms with Gasteiger partial charge in [0.05, 0.1) is 0 Å². The number of hydrogen-bond donors (Lipinski definition) is 0. The van der Waals surface area contributed by atoms with Crippen LogP contribution in [0.1, 0.15) is 25.0 Å². The molecule has 0 bridgehead atoms. The molecule has 3 aromatic heterocycles. The van der Waals surface area contributed by atoms with Gasteiger partial charge in [-0.2, -0.15) is 0 Å². The predicted molar refractivity (Wildman–Crippen MR) is 593 cm³/mol. The van der Waals surface area contributed by atoms with Crippen molar-refractivity contribution in [3.05, 3.63) is 527 Å². The molecule has 0 aliphatic heterocycles. The SMILES string of the molecule is CC1(C)c2ccccc2-c2ccc(N(c3ccccc3)c3cc(-c4ccccc4)c4sc5ccccc5c4c3)cc21.c1ccc(-c2ccc(N(c3ccc(-c4ccc5ccccc5c4)cc3)c3cc(-c4ccccc4)c4sc5ccccc5c4c3)cc2)cc1.c1ccc(-c2ccc(N(c3ccc(-c4cccc5ccccc45)cc3)c3cc(-c4ccccc4)c4sc5ccccc5c4c3)cc2)cc1. The summed E-state index contributed by atoms with van der Waals surface area (Å²) in [4.78, 5) is 7.23. The summed E-state index contributed by atoms with van der Waals surface area (Å²) in [7, 11) is 0. The second kappa shape index (κ2) is 36.1. The van der Waals surface area contributed by atoms with Crippen LogP contribution in [0.4, 0.5) is 51.2 Å². The number of fused-ring (bicyclic) bond motifs is 14. The van der Waals surface area contributed by atoms with E-state index >= 15 is 0 Å². The summed E-state index contributed by atoms with van der Waals surface area (Å²) in [6, 6.07) is 187. The first-order chi connectivity index (χ1) is 67.7. The lowest BCUT2D eigenvalue weighted by atomic mass is 9.82. The van der Waals surface area contributed by atoms with Gasteiger partial charge in [-0.05, 0) is 238 Å². The minimum absolute atomic E-state index is 0.0625. The summed E-state index contributed by atoms with van der Waals surface area (Å²) in [5, 5.41) is 12.8. The number of nitrogens with zero attached hydrogens (tertiary/aromatic N) is 3. The van der Waals surface area contributed by atoms with Gasteiger partial charge in [0.15, 0.2) is 0 Å². The lowest BCUT2D eigenvalue weighted by Crippen LogP contribution is -2.16. The zero-order valence-electron chi connectivity index (χ0n) is 75.6. The predicted octanol–water partition coefficient (Wildman–Crippen LogP) is 38.9. The molecular weight excluding hydrogens is 1710 g/mol. The molecular formula is C131H91N3S3. The van der Waals surface area contributed by atoms with E-state index in [9.17, 15) is 0 Å². The highest BCUT2D eigenvalue weighted by Gasteiger charge is 2.36. The van der Waals surface area contributed by atoms with Crippen molar-refractivity contribution in [2.45, 2.75) is 19.3 Å². The molecule has 0 N–H and O–H groups in total. The normalized spacial score (nSPS) is 11.9. The molecule has 1 aliphatic carbocycles. The fraction of sp³-hybridized carbons (Fsp3) is 0.0229. The van der Waals surface area contributed by atoms with Crippen LogP contribution in [0.5, 0.6) is 0 Å². The van der Waals surface area contributed by atoms with E-state index in [-0.39, 0.29) is 5.41 Å². The van der Waals surface area contributed by atoms with Gasteiger partial charge in [0.1, 0.15) is 0 Å². The van der Waals surface area contributed by atoms with E-state index < -0.39 is 0 Å². The molecule has 0 amide bonds. The van der Waals surface area contributed by atoms with Crippen molar-refractivity contribution < 1.29 is 0 Å². The second-order valence-electron chi connectivity index (χ2n) is 35.8. The molecule has 0 radical (unpaired) electrons. The minimum Gasteiger partial charge on any atom is -0.310 e. The van der Waals surface area contributed by atoms with E-state index in [1.807, 2.05) is 34.0 Å². The first kappa shape index (κ1) is 83.5. The number of hydrogen-bond acceptors (Lipinski definition) is 6. The van der Waals surface area contributed by atoms with Crippen molar-refractivity contribution in [3.63, 3.8) is 0 Å². The van der Waals surface area contributed by atoms with Gasteiger partial charge in [-0.15, -0.1) is 34.0 Å². The molecule has 648 valence electrons. The van der Waals surface area contributed by atoms with Gasteiger partial charge in [0.2, 0.25) is 0 Å². The molecule has 6 heteroatoms. The zero-order valence-corrected chi connectivity index (χ0v) is 78.1. The summed E-state index contributed by atoms with van der Waals surface area (Å²) in [5.41, 5.74) is 32.8. The zero-order chi connectivity index (χ0) is 91.3. The van der Waals surface area contributed by atoms with Crippen LogP contribution < -0.4 is 14.7 Å². The molecule has 0 saturated heterocycles. The van der Waals surface area contributed by atoms with Gasteiger partial charge >= 0.3 is 0 Å². The third kappa shape index (κ3) is 15.9. The maximum atomic E-state index is 2.43. The Balaban J connectivity index is 0.000000113. The maximum Gasteiger partial charge on any atom is 0.0475 e. The number of anilines is 9. The first-order valence-corrected chi connectivity index (χ1v) is 49.3. The summed E-state index contributed by atoms with van der Waals surface area (Å²) in [6.45, 7) is 4.71. The Morgan fingerprint density at radius 2 is 0.445 bits per heavy atom. The van der Waals surface area contributed by atoms with Crippen molar-refractivity contribution in [2.24, 2.45) is 0 Å². The van der Waals surface area contributed by atoms with Crippen LogP contribution in [-0.4, -0.2) is 0 Å². The van der Waals surface area contributed by atoms with E-state index in [1.54, 1.807) is 0 Å². The standard InChI is InChI=1S/2C46H31NS.C39H29NS/c1-3-12-32(13-4-1)33-22-26-37(27-23-33)47(38-28-24-36(25-29-38)41-20-11-17-34-16-7-8-18-40(34)41)39-30-43(35-14-5-2-6-15-35)46-44(31-39)42-19-9-10-21-45(42)48-46;1-3-11-32(12-4-1)34-21-25-39(26-22-34)47(40-27-23-35(24-28-40)38-20-19-33-13-7-8-16-37(33)29-38)41-30-43(36-14-5-2-6-15-36)46-44(31-41)42-17-9-10-18-45(42)48-46;1-39(2)35-19-11-9-17-30(35)31-22-21-28(25-36(31)39)40(27-15-7-4-8-16-27)29-23-33(26-13-5-3-6-14-26)38-34(24-29)32-18-10-12-20-37(32)41-38/h2*1-31H;3-25H,1-2H3. The van der Waals surface area contributed by atoms with E-state index in [0.717, 1.165) is 39.8 Å². The van der Waals surface area contributed by atoms with Crippen molar-refractivity contribution in [2.75, 3.05) is 14.7 Å². The Labute approximate surface area is 810 Å². The molecule has 0 saturated carbocycles. The largest absolute Gasteiger partial charge is 0.310 e. The molecule has 25 aromatic rings. The lowest BCUT2D eigenvalue weighted by Gasteiger charge is -2.28. The fourth-order valence-corrected chi connectivity index (χ4v) is 24.0. The van der Waals surface area contributed by atoms with Gasteiger partial charge < -0.3 is 14.7 Å². The third-order valence-electron chi connectivity index (χ3n) is 27.2. The van der Waals surface area contributed by atoms with Crippen molar-refractivity contribution >= 4 is 167 Å². The van der Waals surface area contributed by atoms with Gasteiger partial charge in [-0.25, -0.2) is 0 Å². The summed E-state index contributed by atoms with van der Waals surface area (Å²) < 4.78 is 7.90. The van der Waals surface area contributed by atoms with Crippen LogP contribution in [0.15, 0.2) is 516 Å². The fourth-order valence-electron chi connectivity index (χ4n) is 20.4. The van der Waals surface area contributed by atoms with Gasteiger partial charge in [-0.3, -0.25) is 0 Å². The number of benzene rings is 22. The topological polar surface area (TPSA) is 9.72 Å². The Morgan fingerprint density at radius 3 is 0.891 bits per heavy atom. The summed E-state index contributed by atoms with van der Waals surface area (Å²) in [5.74, 6) is 0. The molecule has 0 spiro atoms. The Morgan fingerprint density at radius 1 is 0.153 bits per heavy atom. The van der Waals surface area contributed by atoms with Gasteiger partial charge in [0, 0.05) is 134 Å². The maximum absolute atomic E-state index is 2.43. The molecule has 22 aromatic carbocycles. The van der Waals surface area contributed by atoms with Crippen LogP contribution in [0.25, 0.3) is 171 Å². The number of para-hydroxylation sites is 1. The average Bonchev–Trinajstić information content (AvgIpc) is 1.55. The van der Waals surface area contributed by atoms with Crippen molar-refractivity contribution in [1.29, 1.82) is 0 Å². The minimum atomic E-state index is -0.0625. The Bertz CT molecular complexity index is 8740. The molecule has 1 aliphatic rings. The molecule has 0 atom stereocenters. The van der Waals surface area contributed by atoms with Crippen LogP contribution in [0.3, 0.4) is 0 Å². The quantitative estimate of drug-likeness (QED) is 0.0955. The van der Waals surface area contributed by atoms with Crippen LogP contribution >= 0.6 is 34.0 Å². The third-order valence-corrected chi connectivity index (χ3v) is 30.8. The molecule has 0 unspecified atom stereocenters. The highest BCUT2D eigenvalue weighted by molar-refractivity contribution is 7.27. The Kier molecular flexibility index (Phi) is 22.0. The second-order valence-corrected chi connectivity index (χ2v) is 38.9. The van der Waals surface area contributed by atoms with Crippen LogP contribution in [-0.2, 0) is 5.41 Å². The highest BCUT2D eigenvalue weighted by Crippen LogP contribution is 2.54. The smallest absolute Gasteiger partial charge is 0.0475 e. The number of rotatable bonds is 16. The van der Waals surface area contributed by atoms with Crippen LogP contribution in [0, 0.1) is 0 Å². The lowest BCUT2D eigenvalue weighted by molar-refractivity contribution is 0.660. The van der Waals surface area contributed by atoms with Gasteiger partial charge in [0.25, 0.3) is 0 Å². The molecule has 26 rings (SSSR count). The molecule has 3 nitrogen and oxygen atoms in total.